The van der Waals surface area contributed by atoms with Crippen LogP contribution in [0.5, 0.6) is 0 Å². The summed E-state index contributed by atoms with van der Waals surface area (Å²) >= 11 is 0. The van der Waals surface area contributed by atoms with Crippen LogP contribution < -0.4 is 0 Å². The van der Waals surface area contributed by atoms with Gasteiger partial charge in [0.25, 0.3) is 0 Å². The first-order valence-electron chi connectivity index (χ1n) is 4.77. The van der Waals surface area contributed by atoms with Crippen LogP contribution in [0, 0.1) is 0 Å². The quantitative estimate of drug-likeness (QED) is 0.583. The molecule has 1 N–H and O–H groups in total. The lowest BCUT2D eigenvalue weighted by molar-refractivity contribution is 0.0697. The van der Waals surface area contributed by atoms with Gasteiger partial charge in [0.2, 0.25) is 0 Å². The minimum atomic E-state index is -0.947. The molecule has 0 saturated heterocycles. The number of aromatic carboxylic acids is 1. The zero-order chi connectivity index (χ0) is 11.7. The average molecular weight is 217 g/mol. The van der Waals surface area contributed by atoms with E-state index in [4.69, 9.17) is 5.11 Å². The zero-order valence-electron chi connectivity index (χ0n) is 9.01. The molecule has 0 saturated carbocycles. The van der Waals surface area contributed by atoms with Gasteiger partial charge in [-0.05, 0) is 25.1 Å². The first-order chi connectivity index (χ1) is 7.63. The fourth-order valence-corrected chi connectivity index (χ4v) is 1.51. The van der Waals surface area contributed by atoms with Gasteiger partial charge in [-0.15, -0.1) is 0 Å². The second kappa shape index (κ2) is 3.77. The Morgan fingerprint density at radius 3 is 2.88 bits per heavy atom. The molecular formula is C11H11N3O2. The third-order valence-corrected chi connectivity index (χ3v) is 2.47. The summed E-state index contributed by atoms with van der Waals surface area (Å²) in [7, 11) is 1.70. The van der Waals surface area contributed by atoms with Gasteiger partial charge in [-0.3, -0.25) is 9.56 Å². The molecule has 2 rings (SSSR count). The minimum Gasteiger partial charge on any atom is -0.478 e. The first-order valence-corrected chi connectivity index (χ1v) is 4.77. The summed E-state index contributed by atoms with van der Waals surface area (Å²) in [5, 5.41) is 8.85. The SMILES string of the molecule is CN=C(C)n1cnc2cc(C(=O)O)ccc21. The van der Waals surface area contributed by atoms with Crippen molar-refractivity contribution in [3.63, 3.8) is 0 Å². The van der Waals surface area contributed by atoms with Gasteiger partial charge in [0.05, 0.1) is 16.6 Å². The second-order valence-electron chi connectivity index (χ2n) is 3.39. The summed E-state index contributed by atoms with van der Waals surface area (Å²) in [4.78, 5) is 19.0. The summed E-state index contributed by atoms with van der Waals surface area (Å²) in [6, 6.07) is 4.85. The maximum atomic E-state index is 10.8. The molecule has 0 aliphatic heterocycles. The molecule has 1 aromatic heterocycles. The second-order valence-corrected chi connectivity index (χ2v) is 3.39. The summed E-state index contributed by atoms with van der Waals surface area (Å²) in [5.74, 6) is -0.136. The molecule has 5 nitrogen and oxygen atoms in total. The van der Waals surface area contributed by atoms with E-state index in [1.165, 1.54) is 0 Å². The molecular weight excluding hydrogens is 206 g/mol. The van der Waals surface area contributed by atoms with Gasteiger partial charge in [-0.25, -0.2) is 9.78 Å². The van der Waals surface area contributed by atoms with Crippen LogP contribution in [-0.4, -0.2) is 33.5 Å². The van der Waals surface area contributed by atoms with Crippen LogP contribution in [0.1, 0.15) is 17.3 Å². The van der Waals surface area contributed by atoms with Crippen molar-refractivity contribution in [1.82, 2.24) is 9.55 Å². The Labute approximate surface area is 92.1 Å². The number of benzene rings is 1. The number of carbonyl (C=O) groups is 1. The molecule has 0 bridgehead atoms. The van der Waals surface area contributed by atoms with Crippen molar-refractivity contribution in [2.24, 2.45) is 4.99 Å². The maximum Gasteiger partial charge on any atom is 0.335 e. The van der Waals surface area contributed by atoms with Gasteiger partial charge in [0.1, 0.15) is 12.2 Å². The summed E-state index contributed by atoms with van der Waals surface area (Å²) in [5.41, 5.74) is 1.75. The monoisotopic (exact) mass is 217 g/mol. The van der Waals surface area contributed by atoms with Crippen LogP contribution in [0.4, 0.5) is 0 Å². The van der Waals surface area contributed by atoms with Crippen LogP contribution in [0.15, 0.2) is 29.5 Å². The third-order valence-electron chi connectivity index (χ3n) is 2.47. The Bertz CT molecular complexity index is 584. The van der Waals surface area contributed by atoms with Gasteiger partial charge in [0, 0.05) is 7.05 Å². The van der Waals surface area contributed by atoms with Crippen LogP contribution in [0.2, 0.25) is 0 Å². The van der Waals surface area contributed by atoms with Crippen LogP contribution in [0.3, 0.4) is 0 Å². The lowest BCUT2D eigenvalue weighted by Crippen LogP contribution is -2.05. The number of carboxylic acids is 1. The van der Waals surface area contributed by atoms with Crippen molar-refractivity contribution in [3.8, 4) is 0 Å². The highest BCUT2D eigenvalue weighted by Crippen LogP contribution is 2.15. The largest absolute Gasteiger partial charge is 0.478 e. The molecule has 0 atom stereocenters. The van der Waals surface area contributed by atoms with Crippen LogP contribution in [0.25, 0.3) is 11.0 Å². The highest BCUT2D eigenvalue weighted by Gasteiger charge is 2.08. The molecule has 16 heavy (non-hydrogen) atoms. The molecule has 0 unspecified atom stereocenters. The Balaban J connectivity index is 2.63. The predicted octanol–water partition coefficient (Wildman–Crippen LogP) is 1.63. The Hall–Kier alpha value is -2.17. The normalized spacial score (nSPS) is 12.0. The van der Waals surface area contributed by atoms with Crippen molar-refractivity contribution >= 4 is 22.8 Å². The number of aromatic nitrogens is 2. The smallest absolute Gasteiger partial charge is 0.335 e. The number of carboxylic acid groups (broad SMARTS) is 1. The number of rotatable bonds is 1. The molecule has 5 heteroatoms. The fourth-order valence-electron chi connectivity index (χ4n) is 1.51. The molecule has 2 aromatic rings. The van der Waals surface area contributed by atoms with Crippen LogP contribution in [-0.2, 0) is 0 Å². The van der Waals surface area contributed by atoms with E-state index in [9.17, 15) is 4.79 Å². The van der Waals surface area contributed by atoms with Gasteiger partial charge in [-0.2, -0.15) is 0 Å². The van der Waals surface area contributed by atoms with Gasteiger partial charge < -0.3 is 5.11 Å². The Morgan fingerprint density at radius 1 is 1.50 bits per heavy atom. The summed E-state index contributed by atoms with van der Waals surface area (Å²) < 4.78 is 1.82. The van der Waals surface area contributed by atoms with Crippen molar-refractivity contribution in [2.45, 2.75) is 6.92 Å². The maximum absolute atomic E-state index is 10.8. The molecule has 0 fully saturated rings. The van der Waals surface area contributed by atoms with Crippen molar-refractivity contribution in [2.75, 3.05) is 7.05 Å². The van der Waals surface area contributed by atoms with Gasteiger partial charge in [0.15, 0.2) is 0 Å². The number of fused-ring (bicyclic) bond motifs is 1. The summed E-state index contributed by atoms with van der Waals surface area (Å²) in [6.45, 7) is 1.87. The van der Waals surface area contributed by atoms with Crippen LogP contribution >= 0.6 is 0 Å². The highest BCUT2D eigenvalue weighted by molar-refractivity contribution is 5.96. The molecule has 1 heterocycles. The molecule has 0 aliphatic carbocycles. The van der Waals surface area contributed by atoms with E-state index in [2.05, 4.69) is 9.98 Å². The molecule has 0 aliphatic rings. The highest BCUT2D eigenvalue weighted by atomic mass is 16.4. The molecule has 82 valence electrons. The molecule has 1 aromatic carbocycles. The van der Waals surface area contributed by atoms with Gasteiger partial charge >= 0.3 is 5.97 Å². The van der Waals surface area contributed by atoms with E-state index in [0.29, 0.717) is 5.52 Å². The van der Waals surface area contributed by atoms with E-state index >= 15 is 0 Å². The lowest BCUT2D eigenvalue weighted by atomic mass is 10.2. The van der Waals surface area contributed by atoms with E-state index in [1.54, 1.807) is 31.6 Å². The number of nitrogens with zero attached hydrogens (tertiary/aromatic N) is 3. The molecule has 0 spiro atoms. The average Bonchev–Trinajstić information content (AvgIpc) is 2.70. The number of hydrogen-bond donors (Lipinski definition) is 1. The summed E-state index contributed by atoms with van der Waals surface area (Å²) in [6.07, 6.45) is 1.64. The Kier molecular flexibility index (Phi) is 2.44. The minimum absolute atomic E-state index is 0.240. The first kappa shape index (κ1) is 10.4. The number of imidazole rings is 1. The standard InChI is InChI=1S/C11H11N3O2/c1-7(12-2)14-6-13-9-5-8(11(15)16)3-4-10(9)14/h3-6H,1-2H3,(H,15,16). The number of hydrogen-bond acceptors (Lipinski definition) is 3. The van der Waals surface area contributed by atoms with E-state index in [0.717, 1.165) is 11.4 Å². The molecule has 0 amide bonds. The van der Waals surface area contributed by atoms with Gasteiger partial charge in [-0.1, -0.05) is 0 Å². The zero-order valence-corrected chi connectivity index (χ0v) is 9.01. The topological polar surface area (TPSA) is 67.5 Å². The molecule has 0 radical (unpaired) electrons. The fraction of sp³-hybridized carbons (Fsp3) is 0.182. The van der Waals surface area contributed by atoms with Crippen molar-refractivity contribution < 1.29 is 9.90 Å². The third kappa shape index (κ3) is 1.56. The van der Waals surface area contributed by atoms with Crippen molar-refractivity contribution in [1.29, 1.82) is 0 Å². The van der Waals surface area contributed by atoms with E-state index < -0.39 is 5.97 Å². The lowest BCUT2D eigenvalue weighted by Gasteiger charge is -2.01. The predicted molar refractivity (Wildman–Crippen MR) is 61.1 cm³/mol. The van der Waals surface area contributed by atoms with E-state index in [1.807, 2.05) is 11.5 Å². The van der Waals surface area contributed by atoms with E-state index in [-0.39, 0.29) is 5.56 Å². The van der Waals surface area contributed by atoms with Crippen molar-refractivity contribution in [3.05, 3.63) is 30.1 Å². The number of aliphatic imine (C=N–C) groups is 1. The Morgan fingerprint density at radius 2 is 2.25 bits per heavy atom.